The molecule has 164 valence electrons. The Kier molecular flexibility index (Phi) is 6.35. The average molecular weight is 443 g/mol. The van der Waals surface area contributed by atoms with E-state index in [0.29, 0.717) is 12.4 Å². The number of benzene rings is 1. The Morgan fingerprint density at radius 1 is 1.13 bits per heavy atom. The van der Waals surface area contributed by atoms with Gasteiger partial charge in [-0.25, -0.2) is 17.4 Å². The minimum atomic E-state index is -3.43. The third-order valence-corrected chi connectivity index (χ3v) is 7.03. The number of nitrogens with zero attached hydrogens (tertiary/aromatic N) is 4. The van der Waals surface area contributed by atoms with E-state index in [2.05, 4.69) is 10.1 Å². The predicted octanol–water partition coefficient (Wildman–Crippen LogP) is 3.47. The Labute approximate surface area is 182 Å². The van der Waals surface area contributed by atoms with Crippen LogP contribution in [0.2, 0.25) is 0 Å². The van der Waals surface area contributed by atoms with Crippen molar-refractivity contribution in [1.82, 2.24) is 19.1 Å². The van der Waals surface area contributed by atoms with E-state index in [1.54, 1.807) is 36.7 Å². The van der Waals surface area contributed by atoms with Gasteiger partial charge in [0, 0.05) is 26.9 Å². The number of hydrogen-bond donors (Lipinski definition) is 0. The zero-order valence-corrected chi connectivity index (χ0v) is 18.5. The van der Waals surface area contributed by atoms with E-state index >= 15 is 0 Å². The fourth-order valence-electron chi connectivity index (χ4n) is 3.42. The van der Waals surface area contributed by atoms with Gasteiger partial charge in [0.1, 0.15) is 12.4 Å². The fraction of sp³-hybridized carbons (Fsp3) is 0.364. The molecule has 0 amide bonds. The average Bonchev–Trinajstić information content (AvgIpc) is 3.29. The van der Waals surface area contributed by atoms with Crippen LogP contribution in [-0.2, 0) is 21.4 Å². The molecule has 1 aromatic carbocycles. The Bertz CT molecular complexity index is 1100. The number of pyridine rings is 1. The lowest BCUT2D eigenvalue weighted by Crippen LogP contribution is -2.22. The monoisotopic (exact) mass is 442 g/mol. The maximum absolute atomic E-state index is 12.1. The summed E-state index contributed by atoms with van der Waals surface area (Å²) in [5, 5.41) is 4.42. The van der Waals surface area contributed by atoms with Crippen molar-refractivity contribution in [2.24, 2.45) is 0 Å². The second-order valence-corrected chi connectivity index (χ2v) is 9.73. The molecule has 1 aliphatic rings. The van der Waals surface area contributed by atoms with Crippen LogP contribution in [0.3, 0.4) is 0 Å². The summed E-state index contributed by atoms with van der Waals surface area (Å²) in [5.74, 6) is 0.633. The molecular weight excluding hydrogens is 416 g/mol. The highest BCUT2D eigenvalue weighted by molar-refractivity contribution is 7.89. The summed E-state index contributed by atoms with van der Waals surface area (Å²) in [6, 6.07) is 12.4. The van der Waals surface area contributed by atoms with Gasteiger partial charge in [-0.1, -0.05) is 12.1 Å². The highest BCUT2D eigenvalue weighted by Gasteiger charge is 2.20. The number of aromatic nitrogens is 3. The number of ether oxygens (including phenoxy) is 2. The Balaban J connectivity index is 1.40. The number of hydrogen-bond acceptors (Lipinski definition) is 6. The van der Waals surface area contributed by atoms with E-state index in [0.717, 1.165) is 42.8 Å². The molecule has 3 aromatic rings. The van der Waals surface area contributed by atoms with Crippen molar-refractivity contribution in [3.8, 4) is 17.1 Å². The molecular formula is C22H26N4O4S. The third-order valence-electron chi connectivity index (χ3n) is 5.20. The van der Waals surface area contributed by atoms with Crippen LogP contribution < -0.4 is 4.74 Å². The number of rotatable bonds is 7. The first-order chi connectivity index (χ1) is 14.9. The molecule has 1 unspecified atom stereocenters. The smallest absolute Gasteiger partial charge is 0.242 e. The van der Waals surface area contributed by atoms with E-state index in [-0.39, 0.29) is 11.1 Å². The molecule has 31 heavy (non-hydrogen) atoms. The van der Waals surface area contributed by atoms with Crippen LogP contribution in [0, 0.1) is 0 Å². The van der Waals surface area contributed by atoms with Gasteiger partial charge >= 0.3 is 0 Å². The Hall–Kier alpha value is -2.75. The van der Waals surface area contributed by atoms with Crippen LogP contribution >= 0.6 is 0 Å². The topological polar surface area (TPSA) is 86.6 Å². The lowest BCUT2D eigenvalue weighted by Gasteiger charge is -2.24. The molecule has 0 saturated carbocycles. The lowest BCUT2D eigenvalue weighted by atomic mass is 10.2. The van der Waals surface area contributed by atoms with Crippen LogP contribution in [-0.4, -0.2) is 48.2 Å². The molecule has 0 N–H and O–H groups in total. The van der Waals surface area contributed by atoms with Crippen molar-refractivity contribution in [3.05, 3.63) is 60.4 Å². The molecule has 0 aliphatic carbocycles. The highest BCUT2D eigenvalue weighted by atomic mass is 32.2. The Morgan fingerprint density at radius 3 is 2.58 bits per heavy atom. The zero-order valence-electron chi connectivity index (χ0n) is 17.6. The van der Waals surface area contributed by atoms with Crippen molar-refractivity contribution in [1.29, 1.82) is 0 Å². The molecule has 8 nitrogen and oxygen atoms in total. The van der Waals surface area contributed by atoms with Gasteiger partial charge in [-0.3, -0.25) is 4.98 Å². The van der Waals surface area contributed by atoms with Crippen LogP contribution in [0.4, 0.5) is 0 Å². The molecule has 1 aliphatic heterocycles. The maximum Gasteiger partial charge on any atom is 0.242 e. The summed E-state index contributed by atoms with van der Waals surface area (Å²) in [5.41, 5.74) is 2.59. The molecule has 1 atom stereocenters. The molecule has 4 rings (SSSR count). The summed E-state index contributed by atoms with van der Waals surface area (Å²) in [7, 11) is -0.408. The normalized spacial score (nSPS) is 17.1. The standard InChI is InChI=1S/C22H26N4O4S/c1-25(2)31(27,28)19-9-6-17(7-10-19)16-30-18-8-11-20(23-15-18)21-12-13-24-26(21)22-5-3-4-14-29-22/h6-13,15,22H,3-5,14,16H2,1-2H3. The van der Waals surface area contributed by atoms with Crippen molar-refractivity contribution in [3.63, 3.8) is 0 Å². The maximum atomic E-state index is 12.1. The van der Waals surface area contributed by atoms with Gasteiger partial charge < -0.3 is 9.47 Å². The first kappa shape index (κ1) is 21.5. The van der Waals surface area contributed by atoms with Crippen LogP contribution in [0.25, 0.3) is 11.4 Å². The molecule has 1 saturated heterocycles. The van der Waals surface area contributed by atoms with Gasteiger partial charge in [-0.2, -0.15) is 5.10 Å². The summed E-state index contributed by atoms with van der Waals surface area (Å²) < 4.78 is 39.0. The first-order valence-electron chi connectivity index (χ1n) is 10.2. The third kappa shape index (κ3) is 4.79. The van der Waals surface area contributed by atoms with Crippen molar-refractivity contribution >= 4 is 10.0 Å². The minimum absolute atomic E-state index is 0.0456. The zero-order chi connectivity index (χ0) is 21.8. The van der Waals surface area contributed by atoms with Crippen LogP contribution in [0.15, 0.2) is 59.8 Å². The summed E-state index contributed by atoms with van der Waals surface area (Å²) in [6.45, 7) is 1.07. The Morgan fingerprint density at radius 2 is 1.94 bits per heavy atom. The quantitative estimate of drug-likeness (QED) is 0.557. The molecule has 0 spiro atoms. The summed E-state index contributed by atoms with van der Waals surface area (Å²) in [6.07, 6.45) is 6.57. The second-order valence-electron chi connectivity index (χ2n) is 7.58. The van der Waals surface area contributed by atoms with Crippen molar-refractivity contribution in [2.45, 2.75) is 37.0 Å². The van der Waals surface area contributed by atoms with Crippen molar-refractivity contribution < 1.29 is 17.9 Å². The van der Waals surface area contributed by atoms with Gasteiger partial charge in [0.05, 0.1) is 22.5 Å². The number of sulfonamides is 1. The SMILES string of the molecule is CN(C)S(=O)(=O)c1ccc(COc2ccc(-c3ccnn3C3CCCCO3)nc2)cc1. The van der Waals surface area contributed by atoms with Crippen LogP contribution in [0.1, 0.15) is 31.1 Å². The first-order valence-corrected chi connectivity index (χ1v) is 11.6. The molecule has 3 heterocycles. The molecule has 2 aromatic heterocycles. The van der Waals surface area contributed by atoms with E-state index in [4.69, 9.17) is 9.47 Å². The fourth-order valence-corrected chi connectivity index (χ4v) is 4.32. The largest absolute Gasteiger partial charge is 0.487 e. The molecule has 0 radical (unpaired) electrons. The van der Waals surface area contributed by atoms with Gasteiger partial charge in [-0.15, -0.1) is 0 Å². The van der Waals surface area contributed by atoms with Gasteiger partial charge in [0.15, 0.2) is 6.23 Å². The lowest BCUT2D eigenvalue weighted by molar-refractivity contribution is -0.0384. The summed E-state index contributed by atoms with van der Waals surface area (Å²) in [4.78, 5) is 4.78. The van der Waals surface area contributed by atoms with E-state index in [9.17, 15) is 8.42 Å². The van der Waals surface area contributed by atoms with E-state index in [1.165, 1.54) is 18.4 Å². The van der Waals surface area contributed by atoms with E-state index < -0.39 is 10.0 Å². The van der Waals surface area contributed by atoms with Gasteiger partial charge in [-0.05, 0) is 55.2 Å². The molecule has 9 heteroatoms. The molecule has 0 bridgehead atoms. The second kappa shape index (κ2) is 9.17. The van der Waals surface area contributed by atoms with Crippen LogP contribution in [0.5, 0.6) is 5.75 Å². The predicted molar refractivity (Wildman–Crippen MR) is 116 cm³/mol. The van der Waals surface area contributed by atoms with Crippen molar-refractivity contribution in [2.75, 3.05) is 20.7 Å². The van der Waals surface area contributed by atoms with Gasteiger partial charge in [0.25, 0.3) is 0 Å². The van der Waals surface area contributed by atoms with Gasteiger partial charge in [0.2, 0.25) is 10.0 Å². The summed E-state index contributed by atoms with van der Waals surface area (Å²) >= 11 is 0. The molecule has 1 fully saturated rings. The minimum Gasteiger partial charge on any atom is -0.487 e. The highest BCUT2D eigenvalue weighted by Crippen LogP contribution is 2.28. The van der Waals surface area contributed by atoms with E-state index in [1.807, 2.05) is 22.9 Å².